The number of nitrogens with zero attached hydrogens (tertiary/aromatic N) is 3. The van der Waals surface area contributed by atoms with Crippen LogP contribution in [0, 0.1) is 0 Å². The van der Waals surface area contributed by atoms with Crippen molar-refractivity contribution in [2.24, 2.45) is 0 Å². The fourth-order valence-electron chi connectivity index (χ4n) is 0.976. The maximum absolute atomic E-state index is 12.4. The lowest BCUT2D eigenvalue weighted by atomic mass is 10.3. The van der Waals surface area contributed by atoms with E-state index in [4.69, 9.17) is 10.2 Å². The fraction of sp³-hybridized carbons (Fsp3) is 0.333. The predicted molar refractivity (Wildman–Crippen MR) is 39.6 cm³/mol. The van der Waals surface area contributed by atoms with Crippen LogP contribution in [-0.2, 0) is 17.5 Å². The zero-order valence-corrected chi connectivity index (χ0v) is 7.39. The minimum atomic E-state index is -5.04. The summed E-state index contributed by atoms with van der Waals surface area (Å²) >= 11 is 0. The smallest absolute Gasteiger partial charge is 0.435 e. The van der Waals surface area contributed by atoms with Crippen LogP contribution in [0.4, 0.5) is 13.2 Å². The van der Waals surface area contributed by atoms with E-state index in [1.165, 1.54) is 0 Å². The van der Waals surface area contributed by atoms with Crippen LogP contribution < -0.4 is 0 Å². The number of aliphatic carboxylic acids is 1. The maximum atomic E-state index is 12.4. The second kappa shape index (κ2) is 3.79. The molecule has 0 fully saturated rings. The Morgan fingerprint density at radius 3 is 2.25 bits per heavy atom. The van der Waals surface area contributed by atoms with Gasteiger partial charge < -0.3 is 10.2 Å². The second-order valence-electron chi connectivity index (χ2n) is 2.64. The number of aromatic nitrogens is 3. The van der Waals surface area contributed by atoms with Gasteiger partial charge in [-0.25, -0.2) is 9.48 Å². The van der Waals surface area contributed by atoms with Gasteiger partial charge in [0.25, 0.3) is 0 Å². The first kappa shape index (κ1) is 11.9. The molecule has 0 aliphatic carbocycles. The average molecular weight is 239 g/mol. The van der Waals surface area contributed by atoms with Gasteiger partial charge in [-0.15, -0.1) is 5.10 Å². The summed E-state index contributed by atoms with van der Waals surface area (Å²) in [7, 11) is 0. The minimum absolute atomic E-state index is 0.0220. The molecule has 7 nitrogen and oxygen atoms in total. The molecule has 0 saturated heterocycles. The van der Waals surface area contributed by atoms with Crippen LogP contribution in [0.2, 0.25) is 0 Å². The molecule has 10 heteroatoms. The van der Waals surface area contributed by atoms with E-state index in [2.05, 4.69) is 10.3 Å². The largest absolute Gasteiger partial charge is 0.480 e. The molecule has 0 bridgehead atoms. The van der Waals surface area contributed by atoms with E-state index in [0.717, 1.165) is 0 Å². The highest BCUT2D eigenvalue weighted by Gasteiger charge is 2.41. The van der Waals surface area contributed by atoms with Gasteiger partial charge in [0.15, 0.2) is 5.69 Å². The zero-order chi connectivity index (χ0) is 12.5. The molecule has 0 aliphatic rings. The Kier molecular flexibility index (Phi) is 2.83. The molecule has 0 aliphatic heterocycles. The number of rotatable bonds is 3. The van der Waals surface area contributed by atoms with Crippen LogP contribution >= 0.6 is 0 Å². The highest BCUT2D eigenvalue weighted by molar-refractivity contribution is 5.86. The Morgan fingerprint density at radius 1 is 1.31 bits per heavy atom. The molecule has 0 aromatic carbocycles. The molecule has 1 aromatic rings. The quantitative estimate of drug-likeness (QED) is 0.773. The molecule has 0 amide bonds. The molecule has 1 rings (SSSR count). The number of hydrogen-bond acceptors (Lipinski definition) is 4. The van der Waals surface area contributed by atoms with Crippen molar-refractivity contribution in [3.05, 3.63) is 11.4 Å². The van der Waals surface area contributed by atoms with Gasteiger partial charge in [0.2, 0.25) is 5.69 Å². The summed E-state index contributed by atoms with van der Waals surface area (Å²) in [5, 5.41) is 22.3. The first-order valence-corrected chi connectivity index (χ1v) is 3.69. The fourth-order valence-corrected chi connectivity index (χ4v) is 0.976. The van der Waals surface area contributed by atoms with Crippen LogP contribution in [0.5, 0.6) is 0 Å². The van der Waals surface area contributed by atoms with E-state index in [0.29, 0.717) is 0 Å². The van der Waals surface area contributed by atoms with Crippen molar-refractivity contribution in [2.45, 2.75) is 12.7 Å². The first-order chi connectivity index (χ1) is 7.23. The topological polar surface area (TPSA) is 105 Å². The van der Waals surface area contributed by atoms with Crippen molar-refractivity contribution in [3.63, 3.8) is 0 Å². The van der Waals surface area contributed by atoms with E-state index >= 15 is 0 Å². The van der Waals surface area contributed by atoms with Gasteiger partial charge in [-0.2, -0.15) is 13.2 Å². The number of carbonyl (C=O) groups is 2. The van der Waals surface area contributed by atoms with E-state index in [-0.39, 0.29) is 4.68 Å². The highest BCUT2D eigenvalue weighted by atomic mass is 19.4. The van der Waals surface area contributed by atoms with Crippen LogP contribution in [0.1, 0.15) is 16.2 Å². The molecule has 2 N–H and O–H groups in total. The van der Waals surface area contributed by atoms with Gasteiger partial charge >= 0.3 is 18.1 Å². The third kappa shape index (κ3) is 2.27. The molecule has 0 spiro atoms. The lowest BCUT2D eigenvalue weighted by Gasteiger charge is -2.07. The molecule has 0 unspecified atom stereocenters. The second-order valence-corrected chi connectivity index (χ2v) is 2.64. The van der Waals surface area contributed by atoms with Crippen LogP contribution in [-0.4, -0.2) is 37.1 Å². The van der Waals surface area contributed by atoms with Gasteiger partial charge in [0.05, 0.1) is 0 Å². The Hall–Kier alpha value is -2.13. The summed E-state index contributed by atoms with van der Waals surface area (Å²) in [5.74, 6) is -3.52. The van der Waals surface area contributed by atoms with Crippen molar-refractivity contribution in [3.8, 4) is 0 Å². The number of aromatic carboxylic acids is 1. The Bertz CT molecular complexity index is 439. The molecular formula is C6H4F3N3O4. The Labute approximate surface area is 85.1 Å². The molecule has 0 radical (unpaired) electrons. The highest BCUT2D eigenvalue weighted by Crippen LogP contribution is 2.30. The molecule has 0 atom stereocenters. The number of carboxylic acids is 2. The predicted octanol–water partition coefficient (Wildman–Crippen LogP) is 0.0797. The van der Waals surface area contributed by atoms with E-state index < -0.39 is 36.0 Å². The molecule has 16 heavy (non-hydrogen) atoms. The minimum Gasteiger partial charge on any atom is -0.480 e. The van der Waals surface area contributed by atoms with Crippen LogP contribution in [0.15, 0.2) is 0 Å². The van der Waals surface area contributed by atoms with Crippen molar-refractivity contribution >= 4 is 11.9 Å². The lowest BCUT2D eigenvalue weighted by molar-refractivity contribution is -0.147. The summed E-state index contributed by atoms with van der Waals surface area (Å²) in [6, 6.07) is 0. The summed E-state index contributed by atoms with van der Waals surface area (Å²) in [5.41, 5.74) is -3.02. The summed E-state index contributed by atoms with van der Waals surface area (Å²) in [6.45, 7) is -1.12. The van der Waals surface area contributed by atoms with Crippen LogP contribution in [0.3, 0.4) is 0 Å². The Balaban J connectivity index is 3.31. The number of alkyl halides is 3. The Morgan fingerprint density at radius 2 is 1.88 bits per heavy atom. The zero-order valence-electron chi connectivity index (χ0n) is 7.39. The SMILES string of the molecule is O=C(O)Cn1nnc(C(=O)O)c1C(F)(F)F. The molecule has 88 valence electrons. The number of halogens is 3. The van der Waals surface area contributed by atoms with Gasteiger partial charge in [-0.3, -0.25) is 4.79 Å². The number of carboxylic acid groups (broad SMARTS) is 2. The first-order valence-electron chi connectivity index (χ1n) is 3.69. The van der Waals surface area contributed by atoms with E-state index in [1.807, 2.05) is 0 Å². The number of hydrogen-bond donors (Lipinski definition) is 2. The third-order valence-corrected chi connectivity index (χ3v) is 1.49. The molecule has 1 heterocycles. The van der Waals surface area contributed by atoms with Gasteiger partial charge in [-0.1, -0.05) is 5.21 Å². The van der Waals surface area contributed by atoms with Gasteiger partial charge in [-0.05, 0) is 0 Å². The van der Waals surface area contributed by atoms with Crippen molar-refractivity contribution < 1.29 is 33.0 Å². The van der Waals surface area contributed by atoms with Gasteiger partial charge in [0.1, 0.15) is 6.54 Å². The molecular weight excluding hydrogens is 235 g/mol. The van der Waals surface area contributed by atoms with Crippen molar-refractivity contribution in [1.82, 2.24) is 15.0 Å². The summed E-state index contributed by atoms with van der Waals surface area (Å²) in [4.78, 5) is 20.6. The van der Waals surface area contributed by atoms with Crippen molar-refractivity contribution in [2.75, 3.05) is 0 Å². The summed E-state index contributed by atoms with van der Waals surface area (Å²) in [6.07, 6.45) is -5.04. The maximum Gasteiger partial charge on any atom is 0.435 e. The van der Waals surface area contributed by atoms with Crippen molar-refractivity contribution in [1.29, 1.82) is 0 Å². The van der Waals surface area contributed by atoms with E-state index in [1.54, 1.807) is 0 Å². The normalized spacial score (nSPS) is 11.4. The average Bonchev–Trinajstić information content (AvgIpc) is 2.45. The standard InChI is InChI=1S/C6H4F3N3O4/c7-6(8,9)4-3(5(15)16)10-11-12(4)1-2(13)14/h1H2,(H,13,14)(H,15,16). The van der Waals surface area contributed by atoms with E-state index in [9.17, 15) is 22.8 Å². The molecule has 1 aromatic heterocycles. The van der Waals surface area contributed by atoms with Crippen LogP contribution in [0.25, 0.3) is 0 Å². The monoisotopic (exact) mass is 239 g/mol. The summed E-state index contributed by atoms with van der Waals surface area (Å²) < 4.78 is 37.2. The van der Waals surface area contributed by atoms with Gasteiger partial charge in [0, 0.05) is 0 Å². The third-order valence-electron chi connectivity index (χ3n) is 1.49. The molecule has 0 saturated carbocycles. The lowest BCUT2D eigenvalue weighted by Crippen LogP contribution is -2.21.